The molecule has 36 heavy (non-hydrogen) atoms. The van der Waals surface area contributed by atoms with E-state index in [-0.39, 0.29) is 16.6 Å². The number of carbonyl (C=O) groups is 1. The highest BCUT2D eigenvalue weighted by Gasteiger charge is 2.35. The van der Waals surface area contributed by atoms with E-state index in [4.69, 9.17) is 21.1 Å². The molecule has 9 nitrogen and oxygen atoms in total. The molecule has 2 heterocycles. The summed E-state index contributed by atoms with van der Waals surface area (Å²) in [5.41, 5.74) is 0.00779. The number of hydrogen-bond acceptors (Lipinski definition) is 8. The molecule has 4 aromatic rings. The first-order valence-electron chi connectivity index (χ1n) is 10.7. The highest BCUT2D eigenvalue weighted by molar-refractivity contribution is 7.92. The van der Waals surface area contributed by atoms with Crippen LogP contribution in [-0.2, 0) is 9.84 Å². The van der Waals surface area contributed by atoms with Gasteiger partial charge in [0.25, 0.3) is 0 Å². The van der Waals surface area contributed by atoms with E-state index >= 15 is 0 Å². The van der Waals surface area contributed by atoms with Gasteiger partial charge in [0.2, 0.25) is 14.9 Å². The molecule has 0 N–H and O–H groups in total. The largest absolute Gasteiger partial charge is 0.486 e. The lowest BCUT2D eigenvalue weighted by Crippen LogP contribution is -2.20. The molecule has 0 spiro atoms. The van der Waals surface area contributed by atoms with Crippen LogP contribution in [0.2, 0.25) is 5.02 Å². The molecule has 0 atom stereocenters. The topological polar surface area (TPSA) is 126 Å². The zero-order valence-corrected chi connectivity index (χ0v) is 20.1. The summed E-state index contributed by atoms with van der Waals surface area (Å²) in [7, 11) is -4.54. The lowest BCUT2D eigenvalue weighted by atomic mass is 10.00. The predicted octanol–water partition coefficient (Wildman–Crippen LogP) is 4.89. The van der Waals surface area contributed by atoms with E-state index < -0.39 is 37.0 Å². The Morgan fingerprint density at radius 1 is 1.00 bits per heavy atom. The number of ether oxygens (including phenoxy) is 2. The van der Waals surface area contributed by atoms with E-state index in [2.05, 4.69) is 4.98 Å². The maximum atomic E-state index is 13.5. The molecule has 3 aromatic carbocycles. The van der Waals surface area contributed by atoms with Crippen molar-refractivity contribution in [1.29, 1.82) is 0 Å². The molecule has 0 amide bonds. The van der Waals surface area contributed by atoms with Crippen molar-refractivity contribution in [2.45, 2.75) is 5.03 Å². The van der Waals surface area contributed by atoms with E-state index in [1.54, 1.807) is 30.3 Å². The minimum Gasteiger partial charge on any atom is -0.486 e. The number of fused-ring (bicyclic) bond motifs is 2. The van der Waals surface area contributed by atoms with Crippen LogP contribution in [-0.4, -0.2) is 43.1 Å². The van der Waals surface area contributed by atoms with Crippen molar-refractivity contribution in [3.63, 3.8) is 0 Å². The summed E-state index contributed by atoms with van der Waals surface area (Å²) in [5, 5.41) is 12.1. The van der Waals surface area contributed by atoms with Crippen LogP contribution in [0.1, 0.15) is 10.4 Å². The van der Waals surface area contributed by atoms with E-state index in [0.29, 0.717) is 40.7 Å². The van der Waals surface area contributed by atoms with Gasteiger partial charge in [-0.25, -0.2) is 13.4 Å². The lowest BCUT2D eigenvalue weighted by Gasteiger charge is -2.18. The number of nitrogens with zero attached hydrogens (tertiary/aromatic N) is 2. The molecule has 0 saturated carbocycles. The van der Waals surface area contributed by atoms with Gasteiger partial charge in [0.15, 0.2) is 17.3 Å². The van der Waals surface area contributed by atoms with E-state index in [9.17, 15) is 23.3 Å². The molecular formula is C25H17ClN2O7S. The number of nitro groups is 1. The minimum absolute atomic E-state index is 0.0541. The monoisotopic (exact) mass is 524 g/mol. The fourth-order valence-corrected chi connectivity index (χ4v) is 5.56. The Labute approximate surface area is 210 Å². The number of hydrogen-bond donors (Lipinski definition) is 0. The van der Waals surface area contributed by atoms with Crippen LogP contribution in [0, 0.1) is 10.1 Å². The highest BCUT2D eigenvalue weighted by Crippen LogP contribution is 2.41. The Hall–Kier alpha value is -4.02. The summed E-state index contributed by atoms with van der Waals surface area (Å²) in [6.07, 6.45) is 0. The summed E-state index contributed by atoms with van der Waals surface area (Å²) in [6.45, 7) is 0.656. The number of aromatic nitrogens is 1. The Bertz CT molecular complexity index is 1640. The number of pyridine rings is 1. The van der Waals surface area contributed by atoms with Gasteiger partial charge in [-0.3, -0.25) is 14.9 Å². The maximum Gasteiger partial charge on any atom is 0.314 e. The molecule has 0 saturated heterocycles. The van der Waals surface area contributed by atoms with E-state index in [1.807, 2.05) is 0 Å². The molecule has 0 bridgehead atoms. The van der Waals surface area contributed by atoms with Gasteiger partial charge >= 0.3 is 5.69 Å². The van der Waals surface area contributed by atoms with Gasteiger partial charge in [0.05, 0.1) is 16.0 Å². The minimum atomic E-state index is -4.54. The third-order valence-corrected chi connectivity index (χ3v) is 7.37. The van der Waals surface area contributed by atoms with Crippen LogP contribution in [0.3, 0.4) is 0 Å². The molecule has 0 radical (unpaired) electrons. The van der Waals surface area contributed by atoms with Crippen LogP contribution in [0.4, 0.5) is 5.69 Å². The third-order valence-electron chi connectivity index (χ3n) is 5.61. The second kappa shape index (κ2) is 9.21. The van der Waals surface area contributed by atoms with Crippen LogP contribution < -0.4 is 9.47 Å². The van der Waals surface area contributed by atoms with Gasteiger partial charge in [-0.1, -0.05) is 41.9 Å². The van der Waals surface area contributed by atoms with Gasteiger partial charge in [-0.05, 0) is 42.0 Å². The number of sulfone groups is 1. The highest BCUT2D eigenvalue weighted by atomic mass is 35.5. The van der Waals surface area contributed by atoms with Gasteiger partial charge < -0.3 is 9.47 Å². The van der Waals surface area contributed by atoms with Crippen LogP contribution in [0.5, 0.6) is 11.5 Å². The summed E-state index contributed by atoms with van der Waals surface area (Å²) >= 11 is 6.15. The molecular weight excluding hydrogens is 508 g/mol. The molecule has 0 unspecified atom stereocenters. The zero-order valence-electron chi connectivity index (χ0n) is 18.5. The SMILES string of the molecule is O=C(CS(=O)(=O)c1nc2ccc(Cl)cc2c(-c2ccccc2)c1[N+](=O)[O-])c1ccc2c(c1)OCCO2. The van der Waals surface area contributed by atoms with E-state index in [1.165, 1.54) is 36.4 Å². The third kappa shape index (κ3) is 4.36. The number of halogens is 1. The lowest BCUT2D eigenvalue weighted by molar-refractivity contribution is -0.387. The summed E-state index contributed by atoms with van der Waals surface area (Å²) in [6, 6.07) is 17.2. The molecule has 1 aliphatic heterocycles. The standard InChI is InChI=1S/C25H17ClN2O7S/c26-17-7-8-19-18(13-17)23(15-4-2-1-3-5-15)24(28(30)31)25(27-19)36(32,33)14-20(29)16-6-9-21-22(12-16)35-11-10-34-21/h1-9,12-13H,10-11,14H2. The van der Waals surface area contributed by atoms with Crippen LogP contribution in [0.25, 0.3) is 22.0 Å². The molecule has 1 aliphatic rings. The molecule has 182 valence electrons. The maximum absolute atomic E-state index is 13.5. The number of Topliss-reactive ketones (excluding diaryl/α,β-unsaturated/α-hetero) is 1. The average Bonchev–Trinajstić information content (AvgIpc) is 2.87. The van der Waals surface area contributed by atoms with Crippen molar-refractivity contribution >= 4 is 43.8 Å². The van der Waals surface area contributed by atoms with Crippen molar-refractivity contribution in [2.24, 2.45) is 0 Å². The normalized spacial score (nSPS) is 12.9. The van der Waals surface area contributed by atoms with Gasteiger partial charge in [0.1, 0.15) is 19.0 Å². The van der Waals surface area contributed by atoms with Crippen molar-refractivity contribution < 1.29 is 27.6 Å². The fraction of sp³-hybridized carbons (Fsp3) is 0.120. The Morgan fingerprint density at radius 3 is 2.44 bits per heavy atom. The van der Waals surface area contributed by atoms with Gasteiger partial charge in [0, 0.05) is 16.0 Å². The van der Waals surface area contributed by atoms with Crippen molar-refractivity contribution in [1.82, 2.24) is 4.98 Å². The first-order valence-corrected chi connectivity index (χ1v) is 12.8. The number of rotatable bonds is 6. The van der Waals surface area contributed by atoms with Crippen LogP contribution >= 0.6 is 11.6 Å². The first kappa shape index (κ1) is 23.7. The first-order chi connectivity index (χ1) is 17.2. The fourth-order valence-electron chi connectivity index (χ4n) is 4.03. The summed E-state index contributed by atoms with van der Waals surface area (Å²) in [4.78, 5) is 28.6. The smallest absolute Gasteiger partial charge is 0.314 e. The molecule has 5 rings (SSSR count). The van der Waals surface area contributed by atoms with Crippen molar-refractivity contribution in [2.75, 3.05) is 19.0 Å². The number of carbonyl (C=O) groups excluding carboxylic acids is 1. The Morgan fingerprint density at radius 2 is 1.72 bits per heavy atom. The number of benzene rings is 3. The second-order valence-corrected chi connectivity index (χ2v) is 10.3. The zero-order chi connectivity index (χ0) is 25.4. The summed E-state index contributed by atoms with van der Waals surface area (Å²) in [5.74, 6) is -1.02. The Balaban J connectivity index is 1.66. The van der Waals surface area contributed by atoms with Crippen LogP contribution in [0.15, 0.2) is 71.8 Å². The predicted molar refractivity (Wildman–Crippen MR) is 133 cm³/mol. The number of ketones is 1. The molecule has 0 aliphatic carbocycles. The summed E-state index contributed by atoms with van der Waals surface area (Å²) < 4.78 is 37.8. The Kier molecular flexibility index (Phi) is 6.07. The van der Waals surface area contributed by atoms with Crippen molar-refractivity contribution in [3.8, 4) is 22.6 Å². The average molecular weight is 525 g/mol. The molecule has 0 fully saturated rings. The van der Waals surface area contributed by atoms with E-state index in [0.717, 1.165) is 0 Å². The second-order valence-electron chi connectivity index (χ2n) is 7.97. The van der Waals surface area contributed by atoms with Crippen molar-refractivity contribution in [3.05, 3.63) is 87.4 Å². The van der Waals surface area contributed by atoms with Gasteiger partial charge in [-0.15, -0.1) is 0 Å². The molecule has 11 heteroatoms. The van der Waals surface area contributed by atoms with Gasteiger partial charge in [-0.2, -0.15) is 0 Å². The molecule has 1 aromatic heterocycles. The quantitative estimate of drug-likeness (QED) is 0.198.